The zero-order chi connectivity index (χ0) is 12.7. The van der Waals surface area contributed by atoms with Crippen molar-refractivity contribution in [3.63, 3.8) is 0 Å². The molecule has 0 unspecified atom stereocenters. The minimum Gasteiger partial charge on any atom is -0.491 e. The molecule has 1 aromatic heterocycles. The summed E-state index contributed by atoms with van der Waals surface area (Å²) in [5, 5.41) is 0.652. The van der Waals surface area contributed by atoms with Gasteiger partial charge >= 0.3 is 0 Å². The Bertz CT molecular complexity index is 659. The number of nitrogens with zero attached hydrogens (tertiary/aromatic N) is 2. The summed E-state index contributed by atoms with van der Waals surface area (Å²) in [6.07, 6.45) is 2.01. The van der Waals surface area contributed by atoms with E-state index in [-0.39, 0.29) is 11.7 Å². The van der Waals surface area contributed by atoms with Crippen molar-refractivity contribution in [3.05, 3.63) is 34.4 Å². The molecule has 94 valence electrons. The van der Waals surface area contributed by atoms with Gasteiger partial charge in [-0.15, -0.1) is 0 Å². The van der Waals surface area contributed by atoms with E-state index in [0.29, 0.717) is 5.39 Å². The van der Waals surface area contributed by atoms with E-state index in [1.165, 1.54) is 0 Å². The van der Waals surface area contributed by atoms with Crippen molar-refractivity contribution < 1.29 is 4.74 Å². The van der Waals surface area contributed by atoms with E-state index in [2.05, 4.69) is 4.98 Å². The van der Waals surface area contributed by atoms with Crippen LogP contribution in [0.15, 0.2) is 23.0 Å². The first-order valence-corrected chi connectivity index (χ1v) is 6.35. The molecule has 4 heteroatoms. The molecule has 18 heavy (non-hydrogen) atoms. The quantitative estimate of drug-likeness (QED) is 0.813. The zero-order valence-corrected chi connectivity index (χ0v) is 10.6. The summed E-state index contributed by atoms with van der Waals surface area (Å²) in [5.41, 5.74) is 0.825. The predicted octanol–water partition coefficient (Wildman–Crippen LogP) is 2.13. The van der Waals surface area contributed by atoms with Gasteiger partial charge in [-0.3, -0.25) is 9.36 Å². The highest BCUT2D eigenvalue weighted by molar-refractivity contribution is 5.79. The summed E-state index contributed by atoms with van der Waals surface area (Å²) in [5.74, 6) is 1.64. The lowest BCUT2D eigenvalue weighted by Crippen LogP contribution is -2.21. The molecule has 4 nitrogen and oxygen atoms in total. The third-order valence-corrected chi connectivity index (χ3v) is 3.16. The Kier molecular flexibility index (Phi) is 2.58. The van der Waals surface area contributed by atoms with Crippen molar-refractivity contribution in [2.45, 2.75) is 39.3 Å². The van der Waals surface area contributed by atoms with Gasteiger partial charge in [-0.2, -0.15) is 0 Å². The number of ether oxygens (including phenoxy) is 1. The molecule has 0 saturated heterocycles. The topological polar surface area (TPSA) is 44.1 Å². The van der Waals surface area contributed by atoms with E-state index in [4.69, 9.17) is 4.74 Å². The third-order valence-electron chi connectivity index (χ3n) is 3.16. The van der Waals surface area contributed by atoms with Gasteiger partial charge in [0.1, 0.15) is 11.6 Å². The largest absolute Gasteiger partial charge is 0.491 e. The van der Waals surface area contributed by atoms with Gasteiger partial charge in [0.2, 0.25) is 0 Å². The van der Waals surface area contributed by atoms with Crippen LogP contribution in [0.3, 0.4) is 0 Å². The summed E-state index contributed by atoms with van der Waals surface area (Å²) in [6.45, 7) is 4.72. The Hall–Kier alpha value is -1.84. The van der Waals surface area contributed by atoms with Crippen LogP contribution < -0.4 is 10.3 Å². The maximum absolute atomic E-state index is 12.3. The molecule has 1 aromatic carbocycles. The Labute approximate surface area is 105 Å². The van der Waals surface area contributed by atoms with Crippen molar-refractivity contribution in [3.8, 4) is 5.75 Å². The number of aryl methyl sites for hydroxylation is 1. The number of hydrogen-bond acceptors (Lipinski definition) is 3. The highest BCUT2D eigenvalue weighted by atomic mass is 16.5. The predicted molar refractivity (Wildman–Crippen MR) is 70.1 cm³/mol. The first-order valence-electron chi connectivity index (χ1n) is 6.35. The van der Waals surface area contributed by atoms with Crippen LogP contribution in [0.2, 0.25) is 0 Å². The molecule has 0 N–H and O–H groups in total. The number of hydrogen-bond donors (Lipinski definition) is 0. The summed E-state index contributed by atoms with van der Waals surface area (Å²) in [7, 11) is 0. The average Bonchev–Trinajstić information content (AvgIpc) is 2.78. The second-order valence-electron chi connectivity index (χ2n) is 4.93. The maximum atomic E-state index is 12.3. The lowest BCUT2D eigenvalue weighted by atomic mass is 10.2. The van der Waals surface area contributed by atoms with Crippen LogP contribution in [0.1, 0.15) is 26.1 Å². The first-order chi connectivity index (χ1) is 8.65. The van der Waals surface area contributed by atoms with Gasteiger partial charge in [0, 0.05) is 13.0 Å². The molecule has 0 radical (unpaired) electrons. The van der Waals surface area contributed by atoms with Crippen molar-refractivity contribution in [2.24, 2.45) is 0 Å². The van der Waals surface area contributed by atoms with Crippen LogP contribution in [0.25, 0.3) is 10.9 Å². The maximum Gasteiger partial charge on any atom is 0.261 e. The molecule has 2 heterocycles. The van der Waals surface area contributed by atoms with Gasteiger partial charge in [-0.1, -0.05) is 0 Å². The second kappa shape index (κ2) is 4.12. The molecule has 0 aliphatic carbocycles. The fourth-order valence-corrected chi connectivity index (χ4v) is 2.41. The number of benzene rings is 1. The van der Waals surface area contributed by atoms with Gasteiger partial charge in [0.25, 0.3) is 5.56 Å². The Morgan fingerprint density at radius 3 is 3.00 bits per heavy atom. The van der Waals surface area contributed by atoms with Crippen molar-refractivity contribution in [2.75, 3.05) is 0 Å². The van der Waals surface area contributed by atoms with Crippen LogP contribution in [0.4, 0.5) is 0 Å². The summed E-state index contributed by atoms with van der Waals surface area (Å²) in [6, 6.07) is 5.55. The van der Waals surface area contributed by atoms with Gasteiger partial charge < -0.3 is 4.74 Å². The lowest BCUT2D eigenvalue weighted by molar-refractivity contribution is 0.242. The van der Waals surface area contributed by atoms with Crippen LogP contribution >= 0.6 is 0 Å². The summed E-state index contributed by atoms with van der Waals surface area (Å²) in [4.78, 5) is 16.9. The molecule has 2 aromatic rings. The fourth-order valence-electron chi connectivity index (χ4n) is 2.41. The van der Waals surface area contributed by atoms with Gasteiger partial charge in [0.15, 0.2) is 0 Å². The van der Waals surface area contributed by atoms with E-state index in [1.54, 1.807) is 10.6 Å². The highest BCUT2D eigenvalue weighted by Gasteiger charge is 2.16. The average molecular weight is 244 g/mol. The summed E-state index contributed by atoms with van der Waals surface area (Å²) < 4.78 is 7.40. The highest BCUT2D eigenvalue weighted by Crippen LogP contribution is 2.20. The van der Waals surface area contributed by atoms with Gasteiger partial charge in [-0.25, -0.2) is 4.98 Å². The molecule has 0 saturated carbocycles. The van der Waals surface area contributed by atoms with E-state index in [1.807, 2.05) is 26.0 Å². The molecule has 0 amide bonds. The summed E-state index contributed by atoms with van der Waals surface area (Å²) >= 11 is 0. The normalized spacial score (nSPS) is 14.2. The molecule has 1 aliphatic rings. The number of fused-ring (bicyclic) bond motifs is 2. The van der Waals surface area contributed by atoms with E-state index in [0.717, 1.165) is 36.5 Å². The van der Waals surface area contributed by atoms with E-state index < -0.39 is 0 Å². The number of rotatable bonds is 2. The fraction of sp³-hybridized carbons (Fsp3) is 0.429. The van der Waals surface area contributed by atoms with Crippen LogP contribution in [-0.4, -0.2) is 15.7 Å². The number of aromatic nitrogens is 2. The lowest BCUT2D eigenvalue weighted by Gasteiger charge is -2.11. The Morgan fingerprint density at radius 1 is 1.39 bits per heavy atom. The molecule has 0 atom stereocenters. The van der Waals surface area contributed by atoms with E-state index in [9.17, 15) is 4.79 Å². The zero-order valence-electron chi connectivity index (χ0n) is 10.6. The molecule has 0 bridgehead atoms. The van der Waals surface area contributed by atoms with Crippen molar-refractivity contribution >= 4 is 10.9 Å². The molecule has 0 spiro atoms. The molecule has 3 rings (SSSR count). The Balaban J connectivity index is 2.19. The van der Waals surface area contributed by atoms with Gasteiger partial charge in [0.05, 0.1) is 17.0 Å². The standard InChI is InChI=1S/C14H16N2O2/c1-9(2)18-10-5-6-12-11(8-10)14(17)16-7-3-4-13(16)15-12/h5-6,8-9H,3-4,7H2,1-2H3. The van der Waals surface area contributed by atoms with Crippen LogP contribution in [-0.2, 0) is 13.0 Å². The van der Waals surface area contributed by atoms with Gasteiger partial charge in [-0.05, 0) is 38.5 Å². The molecule has 1 aliphatic heterocycles. The van der Waals surface area contributed by atoms with Crippen LogP contribution in [0, 0.1) is 0 Å². The minimum atomic E-state index is 0.0571. The molecular formula is C14H16N2O2. The minimum absolute atomic E-state index is 0.0571. The third kappa shape index (κ3) is 1.78. The SMILES string of the molecule is CC(C)Oc1ccc2nc3n(c(=O)c2c1)CCC3. The van der Waals surface area contributed by atoms with Crippen molar-refractivity contribution in [1.29, 1.82) is 0 Å². The monoisotopic (exact) mass is 244 g/mol. The van der Waals surface area contributed by atoms with E-state index >= 15 is 0 Å². The molecular weight excluding hydrogens is 228 g/mol. The van der Waals surface area contributed by atoms with Crippen molar-refractivity contribution in [1.82, 2.24) is 9.55 Å². The molecule has 0 fully saturated rings. The first kappa shape index (κ1) is 11.3. The smallest absolute Gasteiger partial charge is 0.261 e. The second-order valence-corrected chi connectivity index (χ2v) is 4.93. The van der Waals surface area contributed by atoms with Crippen LogP contribution in [0.5, 0.6) is 5.75 Å². The Morgan fingerprint density at radius 2 is 2.22 bits per heavy atom.